The number of nitrogens with one attached hydrogen (secondary N) is 1. The molecule has 3 aromatic rings. The molecule has 2 aromatic heterocycles. The van der Waals surface area contributed by atoms with Crippen LogP contribution in [0.2, 0.25) is 0 Å². The number of carbonyl (C=O) groups is 1. The quantitative estimate of drug-likeness (QED) is 0.432. The molecular formula is C29H30N4O3. The van der Waals surface area contributed by atoms with Gasteiger partial charge in [0.25, 0.3) is 0 Å². The van der Waals surface area contributed by atoms with Gasteiger partial charge in [-0.3, -0.25) is 14.8 Å². The van der Waals surface area contributed by atoms with E-state index in [0.717, 1.165) is 59.7 Å². The highest BCUT2D eigenvalue weighted by atomic mass is 16.5. The summed E-state index contributed by atoms with van der Waals surface area (Å²) in [6.45, 7) is 6.95. The molecule has 3 heterocycles. The summed E-state index contributed by atoms with van der Waals surface area (Å²) in [6, 6.07) is 12.3. The summed E-state index contributed by atoms with van der Waals surface area (Å²) >= 11 is 0. The minimum absolute atomic E-state index is 0.0649. The van der Waals surface area contributed by atoms with Crippen molar-refractivity contribution in [2.75, 3.05) is 25.6 Å². The summed E-state index contributed by atoms with van der Waals surface area (Å²) in [6.07, 6.45) is 7.16. The number of ketones is 1. The molecule has 184 valence electrons. The molecule has 4 rings (SSSR count). The molecule has 1 N–H and O–H groups in total. The first kappa shape index (κ1) is 25.1. The van der Waals surface area contributed by atoms with E-state index in [-0.39, 0.29) is 5.78 Å². The Balaban J connectivity index is 1.65. The van der Waals surface area contributed by atoms with Crippen molar-refractivity contribution in [3.8, 4) is 22.9 Å². The molecule has 0 saturated carbocycles. The van der Waals surface area contributed by atoms with Gasteiger partial charge in [0, 0.05) is 37.2 Å². The van der Waals surface area contributed by atoms with Crippen LogP contribution < -0.4 is 10.1 Å². The third-order valence-corrected chi connectivity index (χ3v) is 6.48. The minimum Gasteiger partial charge on any atom is -0.494 e. The Labute approximate surface area is 211 Å². The van der Waals surface area contributed by atoms with Crippen LogP contribution in [0.15, 0.2) is 42.7 Å². The second-order valence-corrected chi connectivity index (χ2v) is 8.93. The maximum atomic E-state index is 11.7. The van der Waals surface area contributed by atoms with Crippen molar-refractivity contribution < 1.29 is 14.3 Å². The number of allylic oxidation sites excluding steroid dienone is 1. The van der Waals surface area contributed by atoms with Crippen LogP contribution in [0.4, 0.5) is 5.69 Å². The lowest BCUT2D eigenvalue weighted by molar-refractivity contribution is 0.0904. The summed E-state index contributed by atoms with van der Waals surface area (Å²) in [7, 11) is 1.56. The number of carbonyl (C=O) groups excluding carboxylic acids is 1. The van der Waals surface area contributed by atoms with E-state index in [1.54, 1.807) is 25.6 Å². The van der Waals surface area contributed by atoms with Gasteiger partial charge in [-0.15, -0.1) is 0 Å². The van der Waals surface area contributed by atoms with Gasteiger partial charge in [-0.1, -0.05) is 6.07 Å². The second kappa shape index (κ2) is 11.1. The van der Waals surface area contributed by atoms with Gasteiger partial charge in [0.2, 0.25) is 0 Å². The zero-order valence-corrected chi connectivity index (χ0v) is 21.1. The summed E-state index contributed by atoms with van der Waals surface area (Å²) in [4.78, 5) is 20.8. The van der Waals surface area contributed by atoms with Crippen LogP contribution in [0.3, 0.4) is 0 Å². The first-order chi connectivity index (χ1) is 17.4. The standard InChI is InChI=1S/C29H30N4O3/c1-18(29-28(35-4)15-23(17-32-29)20(3)34)13-27-19(2)25(7-10-31-27)21-5-6-26(22(14-21)16-30)33-24-8-11-36-12-9-24/h5-7,10,13-15,17,24,33H,8-9,11-12H2,1-4H3/b18-13+. The number of pyridine rings is 2. The van der Waals surface area contributed by atoms with E-state index >= 15 is 0 Å². The topological polar surface area (TPSA) is 97.1 Å². The lowest BCUT2D eigenvalue weighted by Gasteiger charge is -2.24. The number of nitrogens with zero attached hydrogens (tertiary/aromatic N) is 3. The zero-order valence-electron chi connectivity index (χ0n) is 21.1. The number of nitriles is 1. The molecule has 0 amide bonds. The normalized spacial score (nSPS) is 14.2. The number of ether oxygens (including phenoxy) is 2. The number of hydrogen-bond donors (Lipinski definition) is 1. The Morgan fingerprint density at radius 3 is 2.67 bits per heavy atom. The van der Waals surface area contributed by atoms with Crippen molar-refractivity contribution in [2.45, 2.75) is 39.7 Å². The van der Waals surface area contributed by atoms with Crippen LogP contribution in [-0.2, 0) is 4.74 Å². The van der Waals surface area contributed by atoms with Gasteiger partial charge >= 0.3 is 0 Å². The zero-order chi connectivity index (χ0) is 25.7. The molecule has 7 nitrogen and oxygen atoms in total. The Kier molecular flexibility index (Phi) is 7.77. The fourth-order valence-electron chi connectivity index (χ4n) is 4.36. The molecule has 0 radical (unpaired) electrons. The first-order valence-corrected chi connectivity index (χ1v) is 12.0. The molecule has 0 aliphatic carbocycles. The van der Waals surface area contributed by atoms with Crippen LogP contribution in [0, 0.1) is 18.3 Å². The predicted octanol–water partition coefficient (Wildman–Crippen LogP) is 5.69. The van der Waals surface area contributed by atoms with E-state index in [1.807, 2.05) is 44.2 Å². The molecule has 0 unspecified atom stereocenters. The van der Waals surface area contributed by atoms with Crippen LogP contribution in [-0.4, -0.2) is 42.1 Å². The Morgan fingerprint density at radius 2 is 1.97 bits per heavy atom. The van der Waals surface area contributed by atoms with Crippen molar-refractivity contribution in [3.63, 3.8) is 0 Å². The lowest BCUT2D eigenvalue weighted by Crippen LogP contribution is -2.28. The van der Waals surface area contributed by atoms with Crippen LogP contribution >= 0.6 is 0 Å². The number of anilines is 1. The fraction of sp³-hybridized carbons (Fsp3) is 0.310. The Morgan fingerprint density at radius 1 is 1.19 bits per heavy atom. The molecule has 0 spiro atoms. The van der Waals surface area contributed by atoms with E-state index < -0.39 is 0 Å². The number of rotatable bonds is 7. The first-order valence-electron chi connectivity index (χ1n) is 12.0. The maximum absolute atomic E-state index is 11.7. The smallest absolute Gasteiger partial charge is 0.161 e. The molecule has 7 heteroatoms. The highest BCUT2D eigenvalue weighted by Crippen LogP contribution is 2.32. The summed E-state index contributed by atoms with van der Waals surface area (Å²) in [5, 5.41) is 13.3. The molecular weight excluding hydrogens is 452 g/mol. The average Bonchev–Trinajstić information content (AvgIpc) is 2.90. The fourth-order valence-corrected chi connectivity index (χ4v) is 4.36. The van der Waals surface area contributed by atoms with Crippen LogP contribution in [0.1, 0.15) is 59.6 Å². The molecule has 1 fully saturated rings. The van der Waals surface area contributed by atoms with Crippen molar-refractivity contribution in [1.82, 2.24) is 9.97 Å². The third-order valence-electron chi connectivity index (χ3n) is 6.48. The molecule has 1 aliphatic rings. The molecule has 36 heavy (non-hydrogen) atoms. The van der Waals surface area contributed by atoms with E-state index in [2.05, 4.69) is 21.4 Å². The summed E-state index contributed by atoms with van der Waals surface area (Å²) in [5.74, 6) is 0.474. The summed E-state index contributed by atoms with van der Waals surface area (Å²) < 4.78 is 10.9. The monoisotopic (exact) mass is 482 g/mol. The average molecular weight is 483 g/mol. The molecule has 0 bridgehead atoms. The van der Waals surface area contributed by atoms with Crippen molar-refractivity contribution in [3.05, 3.63) is 70.8 Å². The van der Waals surface area contributed by atoms with E-state index in [0.29, 0.717) is 28.6 Å². The molecule has 1 aliphatic heterocycles. The van der Waals surface area contributed by atoms with Gasteiger partial charge in [-0.05, 0) is 86.2 Å². The van der Waals surface area contributed by atoms with Gasteiger partial charge in [0.15, 0.2) is 5.78 Å². The van der Waals surface area contributed by atoms with Crippen LogP contribution in [0.5, 0.6) is 5.75 Å². The van der Waals surface area contributed by atoms with Crippen molar-refractivity contribution in [2.24, 2.45) is 0 Å². The predicted molar refractivity (Wildman–Crippen MR) is 141 cm³/mol. The number of methoxy groups -OCH3 is 1. The number of hydrogen-bond acceptors (Lipinski definition) is 7. The SMILES string of the molecule is COc1cc(C(C)=O)cnc1/C(C)=C/c1nccc(-c2ccc(NC3CCOCC3)c(C#N)c2)c1C. The number of Topliss-reactive ketones (excluding diaryl/α,β-unsaturated/α-hetero) is 1. The number of benzene rings is 1. The van der Waals surface area contributed by atoms with Crippen LogP contribution in [0.25, 0.3) is 22.8 Å². The van der Waals surface area contributed by atoms with Gasteiger partial charge < -0.3 is 14.8 Å². The highest BCUT2D eigenvalue weighted by Gasteiger charge is 2.17. The number of aromatic nitrogens is 2. The van der Waals surface area contributed by atoms with Gasteiger partial charge in [0.1, 0.15) is 17.5 Å². The van der Waals surface area contributed by atoms with E-state index in [1.165, 1.54) is 6.92 Å². The largest absolute Gasteiger partial charge is 0.494 e. The van der Waals surface area contributed by atoms with E-state index in [9.17, 15) is 10.1 Å². The van der Waals surface area contributed by atoms with Gasteiger partial charge in [0.05, 0.1) is 24.1 Å². The highest BCUT2D eigenvalue weighted by molar-refractivity contribution is 5.95. The second-order valence-electron chi connectivity index (χ2n) is 8.93. The summed E-state index contributed by atoms with van der Waals surface area (Å²) in [5.41, 5.74) is 7.24. The molecule has 1 aromatic carbocycles. The third kappa shape index (κ3) is 5.45. The van der Waals surface area contributed by atoms with E-state index in [4.69, 9.17) is 9.47 Å². The molecule has 1 saturated heterocycles. The minimum atomic E-state index is -0.0649. The van der Waals surface area contributed by atoms with Crippen molar-refractivity contribution in [1.29, 1.82) is 5.26 Å². The maximum Gasteiger partial charge on any atom is 0.161 e. The Hall–Kier alpha value is -4.02. The Bertz CT molecular complexity index is 1350. The lowest BCUT2D eigenvalue weighted by atomic mass is 9.96. The van der Waals surface area contributed by atoms with Gasteiger partial charge in [-0.25, -0.2) is 0 Å². The molecule has 0 atom stereocenters. The van der Waals surface area contributed by atoms with Gasteiger partial charge in [-0.2, -0.15) is 5.26 Å². The van der Waals surface area contributed by atoms with Crippen molar-refractivity contribution >= 4 is 23.1 Å².